The first-order valence-corrected chi connectivity index (χ1v) is 8.90. The minimum Gasteiger partial charge on any atom is -0.369 e. The minimum absolute atomic E-state index is 0.132. The molecule has 6 heteroatoms. The van der Waals surface area contributed by atoms with Gasteiger partial charge in [0.2, 0.25) is 5.91 Å². The zero-order chi connectivity index (χ0) is 20.1. The van der Waals surface area contributed by atoms with Gasteiger partial charge in [-0.25, -0.2) is 0 Å². The van der Waals surface area contributed by atoms with Crippen molar-refractivity contribution < 1.29 is 14.4 Å². The number of hydrogen-bond donors (Lipinski definition) is 2. The Morgan fingerprint density at radius 3 is 2.04 bits per heavy atom. The predicted octanol–water partition coefficient (Wildman–Crippen LogP) is 3.85. The first kappa shape index (κ1) is 19.3. The molecule has 0 atom stereocenters. The van der Waals surface area contributed by atoms with Gasteiger partial charge in [-0.05, 0) is 48.0 Å². The van der Waals surface area contributed by atoms with Gasteiger partial charge in [-0.2, -0.15) is 0 Å². The predicted molar refractivity (Wildman–Crippen MR) is 109 cm³/mol. The summed E-state index contributed by atoms with van der Waals surface area (Å²) in [5.41, 5.74) is 7.49. The van der Waals surface area contributed by atoms with Crippen molar-refractivity contribution in [1.29, 1.82) is 0 Å². The molecule has 140 valence electrons. The highest BCUT2D eigenvalue weighted by molar-refractivity contribution is 6.30. The molecule has 5 nitrogen and oxygen atoms in total. The number of primary amides is 1. The van der Waals surface area contributed by atoms with Crippen molar-refractivity contribution in [2.45, 2.75) is 6.42 Å². The molecule has 0 aliphatic carbocycles. The lowest BCUT2D eigenvalue weighted by Crippen LogP contribution is -2.17. The number of carbonyl (C=O) groups excluding carboxylic acids is 3. The van der Waals surface area contributed by atoms with Crippen LogP contribution in [0.15, 0.2) is 72.8 Å². The van der Waals surface area contributed by atoms with E-state index in [2.05, 4.69) is 5.32 Å². The van der Waals surface area contributed by atoms with E-state index in [0.29, 0.717) is 21.8 Å². The smallest absolute Gasteiger partial charge is 0.256 e. The Hall–Kier alpha value is -3.44. The van der Waals surface area contributed by atoms with Gasteiger partial charge in [-0.15, -0.1) is 0 Å². The van der Waals surface area contributed by atoms with E-state index in [1.54, 1.807) is 72.8 Å². The fourth-order valence-electron chi connectivity index (χ4n) is 2.74. The lowest BCUT2D eigenvalue weighted by atomic mass is 9.98. The summed E-state index contributed by atoms with van der Waals surface area (Å²) in [4.78, 5) is 36.5. The van der Waals surface area contributed by atoms with E-state index >= 15 is 0 Å². The van der Waals surface area contributed by atoms with Crippen LogP contribution in [0, 0.1) is 0 Å². The van der Waals surface area contributed by atoms with E-state index in [9.17, 15) is 14.4 Å². The van der Waals surface area contributed by atoms with Gasteiger partial charge in [-0.1, -0.05) is 41.9 Å². The number of benzene rings is 3. The second-order valence-electron chi connectivity index (χ2n) is 6.18. The molecule has 0 saturated heterocycles. The van der Waals surface area contributed by atoms with Gasteiger partial charge in [0.05, 0.1) is 12.0 Å². The highest BCUT2D eigenvalue weighted by Gasteiger charge is 2.18. The Morgan fingerprint density at radius 2 is 1.43 bits per heavy atom. The second-order valence-corrected chi connectivity index (χ2v) is 6.61. The Kier molecular flexibility index (Phi) is 5.87. The topological polar surface area (TPSA) is 89.3 Å². The number of carbonyl (C=O) groups is 3. The van der Waals surface area contributed by atoms with E-state index in [-0.39, 0.29) is 17.8 Å². The number of nitrogens with one attached hydrogen (secondary N) is 1. The van der Waals surface area contributed by atoms with Crippen LogP contribution in [0.2, 0.25) is 5.02 Å². The Balaban J connectivity index is 1.82. The summed E-state index contributed by atoms with van der Waals surface area (Å²) in [6.07, 6.45) is 0.132. The molecular weight excluding hydrogens is 376 g/mol. The number of ketones is 1. The van der Waals surface area contributed by atoms with E-state index in [1.807, 2.05) is 0 Å². The van der Waals surface area contributed by atoms with E-state index in [1.165, 1.54) is 0 Å². The normalized spacial score (nSPS) is 10.3. The molecule has 0 bridgehead atoms. The lowest BCUT2D eigenvalue weighted by molar-refractivity contribution is -0.117. The molecule has 0 spiro atoms. The second kappa shape index (κ2) is 8.50. The first-order valence-electron chi connectivity index (χ1n) is 8.52. The van der Waals surface area contributed by atoms with Crippen molar-refractivity contribution >= 4 is 34.9 Å². The Labute approximate surface area is 167 Å². The molecule has 2 amide bonds. The van der Waals surface area contributed by atoms with Crippen LogP contribution >= 0.6 is 11.6 Å². The Bertz CT molecular complexity index is 1030. The van der Waals surface area contributed by atoms with E-state index in [4.69, 9.17) is 17.3 Å². The van der Waals surface area contributed by atoms with Gasteiger partial charge < -0.3 is 11.1 Å². The molecule has 0 saturated carbocycles. The molecule has 0 radical (unpaired) electrons. The number of anilines is 1. The van der Waals surface area contributed by atoms with Gasteiger partial charge in [0.15, 0.2) is 5.78 Å². The SMILES string of the molecule is NC(=O)Cc1ccc(NC(=O)c2ccccc2C(=O)c2ccc(Cl)cc2)cc1. The monoisotopic (exact) mass is 392 g/mol. The average molecular weight is 393 g/mol. The summed E-state index contributed by atoms with van der Waals surface area (Å²) in [5.74, 6) is -1.09. The van der Waals surface area contributed by atoms with E-state index in [0.717, 1.165) is 5.56 Å². The van der Waals surface area contributed by atoms with E-state index < -0.39 is 11.8 Å². The van der Waals surface area contributed by atoms with Crippen LogP contribution in [0.4, 0.5) is 5.69 Å². The maximum atomic E-state index is 12.8. The molecule has 3 rings (SSSR count). The van der Waals surface area contributed by atoms with Crippen LogP contribution in [0.1, 0.15) is 31.8 Å². The summed E-state index contributed by atoms with van der Waals surface area (Å²) in [5, 5.41) is 3.30. The van der Waals surface area contributed by atoms with Gasteiger partial charge in [-0.3, -0.25) is 14.4 Å². The van der Waals surface area contributed by atoms with Gasteiger partial charge >= 0.3 is 0 Å². The molecular formula is C22H17ClN2O3. The summed E-state index contributed by atoms with van der Waals surface area (Å²) >= 11 is 5.87. The summed E-state index contributed by atoms with van der Waals surface area (Å²) in [6, 6.07) is 19.9. The zero-order valence-electron chi connectivity index (χ0n) is 14.8. The number of rotatable bonds is 6. The molecule has 3 aromatic carbocycles. The van der Waals surface area contributed by atoms with Crippen LogP contribution in [0.3, 0.4) is 0 Å². The highest BCUT2D eigenvalue weighted by atomic mass is 35.5. The van der Waals surface area contributed by atoms with Crippen molar-refractivity contribution in [3.05, 3.63) is 100 Å². The summed E-state index contributed by atoms with van der Waals surface area (Å²) in [6.45, 7) is 0. The molecule has 0 aliphatic rings. The van der Waals surface area contributed by atoms with Crippen molar-refractivity contribution in [1.82, 2.24) is 0 Å². The Morgan fingerprint density at radius 1 is 0.821 bits per heavy atom. The molecule has 0 heterocycles. The molecule has 0 aliphatic heterocycles. The molecule has 3 aromatic rings. The lowest BCUT2D eigenvalue weighted by Gasteiger charge is -2.10. The first-order chi connectivity index (χ1) is 13.4. The fourth-order valence-corrected chi connectivity index (χ4v) is 2.87. The maximum absolute atomic E-state index is 12.8. The van der Waals surface area contributed by atoms with Crippen molar-refractivity contribution in [3.63, 3.8) is 0 Å². The van der Waals surface area contributed by atoms with Gasteiger partial charge in [0, 0.05) is 21.8 Å². The van der Waals surface area contributed by atoms with Gasteiger partial charge in [0.1, 0.15) is 0 Å². The number of nitrogens with two attached hydrogens (primary N) is 1. The maximum Gasteiger partial charge on any atom is 0.256 e. The van der Waals surface area contributed by atoms with Crippen LogP contribution in [0.5, 0.6) is 0 Å². The fraction of sp³-hybridized carbons (Fsp3) is 0.0455. The molecule has 0 fully saturated rings. The highest BCUT2D eigenvalue weighted by Crippen LogP contribution is 2.19. The zero-order valence-corrected chi connectivity index (χ0v) is 15.6. The van der Waals surface area contributed by atoms with Crippen LogP contribution in [-0.4, -0.2) is 17.6 Å². The van der Waals surface area contributed by atoms with Crippen molar-refractivity contribution in [3.8, 4) is 0 Å². The van der Waals surface area contributed by atoms with Crippen LogP contribution in [0.25, 0.3) is 0 Å². The number of amides is 2. The number of hydrogen-bond acceptors (Lipinski definition) is 3. The van der Waals surface area contributed by atoms with Crippen molar-refractivity contribution in [2.24, 2.45) is 5.73 Å². The van der Waals surface area contributed by atoms with Crippen LogP contribution < -0.4 is 11.1 Å². The molecule has 28 heavy (non-hydrogen) atoms. The van der Waals surface area contributed by atoms with Crippen molar-refractivity contribution in [2.75, 3.05) is 5.32 Å². The summed E-state index contributed by atoms with van der Waals surface area (Å²) in [7, 11) is 0. The number of halogens is 1. The molecule has 0 unspecified atom stereocenters. The molecule has 0 aromatic heterocycles. The third-order valence-corrected chi connectivity index (χ3v) is 4.36. The standard InChI is InChI=1S/C22H17ClN2O3/c23-16-9-7-15(8-10-16)21(27)18-3-1-2-4-19(18)22(28)25-17-11-5-14(6-12-17)13-20(24)26/h1-12H,13H2,(H2,24,26)(H,25,28). The van der Waals surface area contributed by atoms with Gasteiger partial charge in [0.25, 0.3) is 5.91 Å². The minimum atomic E-state index is -0.425. The average Bonchev–Trinajstić information content (AvgIpc) is 2.69. The largest absolute Gasteiger partial charge is 0.369 e. The third kappa shape index (κ3) is 4.64. The molecule has 3 N–H and O–H groups in total. The third-order valence-electron chi connectivity index (χ3n) is 4.11. The summed E-state index contributed by atoms with van der Waals surface area (Å²) < 4.78 is 0. The quantitative estimate of drug-likeness (QED) is 0.624. The van der Waals surface area contributed by atoms with Crippen LogP contribution in [-0.2, 0) is 11.2 Å².